The van der Waals surface area contributed by atoms with E-state index in [0.717, 1.165) is 6.26 Å². The van der Waals surface area contributed by atoms with Crippen LogP contribution >= 0.6 is 0 Å². The van der Waals surface area contributed by atoms with Gasteiger partial charge in [0, 0.05) is 11.6 Å². The largest absolute Gasteiger partial charge is 0.476 e. The second-order valence-corrected chi connectivity index (χ2v) is 3.58. The number of para-hydroxylation sites is 1. The highest BCUT2D eigenvalue weighted by Crippen LogP contribution is 2.19. The minimum atomic E-state index is -1.21. The number of aromatic carboxylic acids is 1. The zero-order valence-electron chi connectivity index (χ0n) is 9.57. The minimum Gasteiger partial charge on any atom is -0.476 e. The number of benzene rings is 1. The third-order valence-corrected chi connectivity index (χ3v) is 2.34. The molecular formula is C11H9N3O5. The van der Waals surface area contributed by atoms with E-state index < -0.39 is 10.9 Å². The molecule has 0 aliphatic carbocycles. The molecular weight excluding hydrogens is 254 g/mol. The summed E-state index contributed by atoms with van der Waals surface area (Å²) in [6.45, 7) is 0.108. The molecule has 0 aliphatic heterocycles. The van der Waals surface area contributed by atoms with Gasteiger partial charge in [0.15, 0.2) is 5.69 Å². The molecule has 2 aromatic rings. The number of hydrogen-bond donors (Lipinski definition) is 2. The van der Waals surface area contributed by atoms with Gasteiger partial charge in [0.25, 0.3) is 11.7 Å². The average Bonchev–Trinajstić information content (AvgIpc) is 2.85. The average molecular weight is 263 g/mol. The molecule has 0 spiro atoms. The van der Waals surface area contributed by atoms with Crippen molar-refractivity contribution in [3.63, 3.8) is 0 Å². The van der Waals surface area contributed by atoms with Crippen LogP contribution in [0.4, 0.5) is 11.7 Å². The molecule has 0 saturated carbocycles. The summed E-state index contributed by atoms with van der Waals surface area (Å²) < 4.78 is 4.88. The Kier molecular flexibility index (Phi) is 3.42. The van der Waals surface area contributed by atoms with E-state index in [2.05, 4.69) is 10.3 Å². The number of carboxylic acid groups (broad SMARTS) is 1. The van der Waals surface area contributed by atoms with E-state index >= 15 is 0 Å². The Morgan fingerprint density at radius 3 is 2.84 bits per heavy atom. The van der Waals surface area contributed by atoms with Gasteiger partial charge in [-0.1, -0.05) is 18.2 Å². The highest BCUT2D eigenvalue weighted by Gasteiger charge is 2.14. The third kappa shape index (κ3) is 2.86. The summed E-state index contributed by atoms with van der Waals surface area (Å²) in [7, 11) is 0. The van der Waals surface area contributed by atoms with Gasteiger partial charge in [-0.25, -0.2) is 4.79 Å². The van der Waals surface area contributed by atoms with Crippen LogP contribution in [0.1, 0.15) is 16.1 Å². The monoisotopic (exact) mass is 263 g/mol. The maximum absolute atomic E-state index is 10.8. The van der Waals surface area contributed by atoms with E-state index in [-0.39, 0.29) is 23.9 Å². The van der Waals surface area contributed by atoms with Crippen molar-refractivity contribution in [2.45, 2.75) is 6.54 Å². The van der Waals surface area contributed by atoms with Gasteiger partial charge >= 0.3 is 5.97 Å². The zero-order valence-corrected chi connectivity index (χ0v) is 9.57. The molecule has 1 aromatic heterocycles. The fourth-order valence-electron chi connectivity index (χ4n) is 1.46. The molecule has 2 rings (SSSR count). The molecule has 0 bridgehead atoms. The van der Waals surface area contributed by atoms with Gasteiger partial charge in [0.05, 0.1) is 11.5 Å². The first-order valence-corrected chi connectivity index (χ1v) is 5.23. The quantitative estimate of drug-likeness (QED) is 0.624. The van der Waals surface area contributed by atoms with Crippen LogP contribution in [0.3, 0.4) is 0 Å². The lowest BCUT2D eigenvalue weighted by Crippen LogP contribution is -2.04. The number of nitrogens with one attached hydrogen (secondary N) is 1. The van der Waals surface area contributed by atoms with Crippen LogP contribution in [0, 0.1) is 10.1 Å². The Balaban J connectivity index is 2.10. The SMILES string of the molecule is O=C(O)c1coc(NCc2ccccc2[N+](=O)[O-])n1. The molecule has 0 radical (unpaired) electrons. The van der Waals surface area contributed by atoms with E-state index in [0.29, 0.717) is 5.56 Å². The summed E-state index contributed by atoms with van der Waals surface area (Å²) in [5.74, 6) is -1.21. The molecule has 0 fully saturated rings. The number of hydrogen-bond acceptors (Lipinski definition) is 6. The molecule has 0 amide bonds. The number of carboxylic acids is 1. The van der Waals surface area contributed by atoms with Crippen molar-refractivity contribution in [1.82, 2.24) is 4.98 Å². The van der Waals surface area contributed by atoms with Crippen LogP contribution in [0.25, 0.3) is 0 Å². The van der Waals surface area contributed by atoms with Crippen molar-refractivity contribution >= 4 is 17.7 Å². The number of anilines is 1. The Hall–Kier alpha value is -2.90. The van der Waals surface area contributed by atoms with E-state index in [9.17, 15) is 14.9 Å². The van der Waals surface area contributed by atoms with Gasteiger partial charge in [-0.15, -0.1) is 0 Å². The molecule has 0 atom stereocenters. The van der Waals surface area contributed by atoms with E-state index in [1.54, 1.807) is 18.2 Å². The van der Waals surface area contributed by atoms with Crippen molar-refractivity contribution in [3.05, 3.63) is 51.9 Å². The molecule has 0 aliphatic rings. The number of rotatable bonds is 5. The van der Waals surface area contributed by atoms with Gasteiger partial charge in [0.2, 0.25) is 0 Å². The number of aromatic nitrogens is 1. The van der Waals surface area contributed by atoms with Crippen LogP contribution in [0.15, 0.2) is 34.9 Å². The molecule has 98 valence electrons. The standard InChI is InChI=1S/C11H9N3O5/c15-10(16)8-6-19-11(13-8)12-5-7-3-1-2-4-9(7)14(17)18/h1-4,6H,5H2,(H,12,13)(H,15,16). The predicted molar refractivity (Wildman–Crippen MR) is 63.9 cm³/mol. The Morgan fingerprint density at radius 1 is 1.47 bits per heavy atom. The molecule has 8 nitrogen and oxygen atoms in total. The summed E-state index contributed by atoms with van der Waals surface area (Å²) in [4.78, 5) is 24.5. The van der Waals surface area contributed by atoms with Crippen LogP contribution in [-0.2, 0) is 6.54 Å². The van der Waals surface area contributed by atoms with E-state index in [1.807, 2.05) is 0 Å². The topological polar surface area (TPSA) is 119 Å². The normalized spacial score (nSPS) is 10.1. The van der Waals surface area contributed by atoms with Crippen LogP contribution in [0.5, 0.6) is 0 Å². The van der Waals surface area contributed by atoms with E-state index in [4.69, 9.17) is 9.52 Å². The maximum Gasteiger partial charge on any atom is 0.357 e. The number of carbonyl (C=O) groups is 1. The van der Waals surface area contributed by atoms with Crippen LogP contribution in [-0.4, -0.2) is 21.0 Å². The first kappa shape index (κ1) is 12.6. The fraction of sp³-hybridized carbons (Fsp3) is 0.0909. The van der Waals surface area contributed by atoms with Gasteiger partial charge in [0.1, 0.15) is 6.26 Å². The lowest BCUT2D eigenvalue weighted by molar-refractivity contribution is -0.385. The molecule has 1 heterocycles. The van der Waals surface area contributed by atoms with Gasteiger partial charge in [-0.2, -0.15) is 4.98 Å². The van der Waals surface area contributed by atoms with Gasteiger partial charge < -0.3 is 14.8 Å². The molecule has 0 saturated heterocycles. The Bertz CT molecular complexity index is 622. The van der Waals surface area contributed by atoms with Crippen LogP contribution in [0.2, 0.25) is 0 Å². The fourth-order valence-corrected chi connectivity index (χ4v) is 1.46. The second-order valence-electron chi connectivity index (χ2n) is 3.58. The molecule has 2 N–H and O–H groups in total. The second kappa shape index (κ2) is 5.17. The molecule has 8 heteroatoms. The van der Waals surface area contributed by atoms with Crippen molar-refractivity contribution < 1.29 is 19.2 Å². The molecule has 1 aromatic carbocycles. The number of nitrogens with zero attached hydrogens (tertiary/aromatic N) is 2. The summed E-state index contributed by atoms with van der Waals surface area (Å²) in [6.07, 6.45) is 0.990. The van der Waals surface area contributed by atoms with E-state index in [1.165, 1.54) is 6.07 Å². The molecule has 0 unspecified atom stereocenters. The highest BCUT2D eigenvalue weighted by atomic mass is 16.6. The van der Waals surface area contributed by atoms with Gasteiger partial charge in [-0.3, -0.25) is 10.1 Å². The summed E-state index contributed by atoms with van der Waals surface area (Å²) in [6, 6.07) is 6.20. The lowest BCUT2D eigenvalue weighted by Gasteiger charge is -2.02. The van der Waals surface area contributed by atoms with Crippen molar-refractivity contribution in [3.8, 4) is 0 Å². The lowest BCUT2D eigenvalue weighted by atomic mass is 10.2. The Labute approximate surface area is 106 Å². The summed E-state index contributed by atoms with van der Waals surface area (Å²) in [5.41, 5.74) is 0.188. The minimum absolute atomic E-state index is 0.00412. The van der Waals surface area contributed by atoms with Gasteiger partial charge in [-0.05, 0) is 0 Å². The van der Waals surface area contributed by atoms with Crippen molar-refractivity contribution in [2.75, 3.05) is 5.32 Å². The van der Waals surface area contributed by atoms with Crippen molar-refractivity contribution in [2.24, 2.45) is 0 Å². The smallest absolute Gasteiger partial charge is 0.357 e. The third-order valence-electron chi connectivity index (χ3n) is 2.34. The number of nitro groups is 1. The maximum atomic E-state index is 10.8. The first-order chi connectivity index (χ1) is 9.08. The number of nitro benzene ring substituents is 1. The first-order valence-electron chi connectivity index (χ1n) is 5.23. The number of oxazole rings is 1. The Morgan fingerprint density at radius 2 is 2.21 bits per heavy atom. The highest BCUT2D eigenvalue weighted by molar-refractivity contribution is 5.85. The van der Waals surface area contributed by atoms with Crippen molar-refractivity contribution in [1.29, 1.82) is 0 Å². The summed E-state index contributed by atoms with van der Waals surface area (Å²) >= 11 is 0. The zero-order chi connectivity index (χ0) is 13.8. The van der Waals surface area contributed by atoms with Crippen LogP contribution < -0.4 is 5.32 Å². The summed E-state index contributed by atoms with van der Waals surface area (Å²) in [5, 5.41) is 22.1. The molecule has 19 heavy (non-hydrogen) atoms. The predicted octanol–water partition coefficient (Wildman–Crippen LogP) is 1.89.